The second kappa shape index (κ2) is 4.69. The number of nitrogens with one attached hydrogen (secondary N) is 2. The maximum Gasteiger partial charge on any atom is 0.293 e. The monoisotopic (exact) mass is 301 g/mol. The first-order valence-electron chi connectivity index (χ1n) is 7.87. The second-order valence-corrected chi connectivity index (χ2v) is 6.73. The van der Waals surface area contributed by atoms with Gasteiger partial charge in [0, 0.05) is 24.7 Å². The molecule has 0 aromatic heterocycles. The molecule has 22 heavy (non-hydrogen) atoms. The summed E-state index contributed by atoms with van der Waals surface area (Å²) in [5, 5.41) is 17.2. The van der Waals surface area contributed by atoms with Gasteiger partial charge in [-0.25, -0.2) is 0 Å². The Morgan fingerprint density at radius 1 is 1.27 bits per heavy atom. The van der Waals surface area contributed by atoms with Gasteiger partial charge in [-0.2, -0.15) is 0 Å². The summed E-state index contributed by atoms with van der Waals surface area (Å²) >= 11 is 0. The molecular weight excluding hydrogens is 282 g/mol. The summed E-state index contributed by atoms with van der Waals surface area (Å²) in [7, 11) is 1.52. The van der Waals surface area contributed by atoms with Crippen LogP contribution in [0.4, 0.5) is 11.4 Å². The predicted octanol–water partition coefficient (Wildman–Crippen LogP) is 2.41. The van der Waals surface area contributed by atoms with Crippen molar-refractivity contribution in [3.05, 3.63) is 33.9 Å². The molecule has 4 atom stereocenters. The van der Waals surface area contributed by atoms with Gasteiger partial charge in [-0.05, 0) is 55.1 Å². The average Bonchev–Trinajstić information content (AvgIpc) is 2.91. The third-order valence-corrected chi connectivity index (χ3v) is 5.74. The predicted molar refractivity (Wildman–Crippen MR) is 81.7 cm³/mol. The van der Waals surface area contributed by atoms with Crippen molar-refractivity contribution in [2.75, 3.05) is 12.4 Å². The molecule has 0 radical (unpaired) electrons. The fraction of sp³-hybridized carbons (Fsp3) is 0.562. The molecule has 0 aliphatic heterocycles. The number of hydrogen-bond acceptors (Lipinski definition) is 4. The zero-order valence-electron chi connectivity index (χ0n) is 12.4. The number of fused-ring (bicyclic) bond motifs is 5. The van der Waals surface area contributed by atoms with E-state index in [1.54, 1.807) is 12.1 Å². The number of carbonyl (C=O) groups excluding carboxylic acids is 1. The fourth-order valence-electron chi connectivity index (χ4n) is 4.79. The smallest absolute Gasteiger partial charge is 0.293 e. The van der Waals surface area contributed by atoms with Crippen molar-refractivity contribution in [2.45, 2.75) is 25.3 Å². The first-order valence-corrected chi connectivity index (χ1v) is 7.87. The number of nitro groups is 1. The highest BCUT2D eigenvalue weighted by molar-refractivity contribution is 5.95. The molecule has 3 fully saturated rings. The summed E-state index contributed by atoms with van der Waals surface area (Å²) in [4.78, 5) is 22.5. The highest BCUT2D eigenvalue weighted by Gasteiger charge is 2.65. The van der Waals surface area contributed by atoms with E-state index in [2.05, 4.69) is 10.6 Å². The van der Waals surface area contributed by atoms with E-state index in [9.17, 15) is 14.9 Å². The van der Waals surface area contributed by atoms with E-state index in [0.29, 0.717) is 29.1 Å². The van der Waals surface area contributed by atoms with E-state index >= 15 is 0 Å². The Morgan fingerprint density at radius 3 is 2.55 bits per heavy atom. The Hall–Kier alpha value is -2.11. The molecule has 2 bridgehead atoms. The van der Waals surface area contributed by atoms with E-state index in [-0.39, 0.29) is 11.6 Å². The maximum atomic E-state index is 11.6. The van der Waals surface area contributed by atoms with Crippen LogP contribution in [-0.4, -0.2) is 23.9 Å². The van der Waals surface area contributed by atoms with Crippen LogP contribution in [0.5, 0.6) is 0 Å². The average molecular weight is 301 g/mol. The first kappa shape index (κ1) is 13.5. The van der Waals surface area contributed by atoms with Gasteiger partial charge < -0.3 is 10.6 Å². The highest BCUT2D eigenvalue weighted by atomic mass is 16.6. The zero-order chi connectivity index (χ0) is 15.4. The van der Waals surface area contributed by atoms with Gasteiger partial charge in [0.25, 0.3) is 11.6 Å². The van der Waals surface area contributed by atoms with Gasteiger partial charge in [0.05, 0.1) is 4.92 Å². The minimum absolute atomic E-state index is 0.0154. The maximum absolute atomic E-state index is 11.6. The lowest BCUT2D eigenvalue weighted by molar-refractivity contribution is -0.384. The molecular formula is C16H19N3O3. The van der Waals surface area contributed by atoms with Crippen LogP contribution in [0.2, 0.25) is 0 Å². The normalized spacial score (nSPS) is 34.1. The highest BCUT2D eigenvalue weighted by Crippen LogP contribution is 2.66. The van der Waals surface area contributed by atoms with E-state index in [1.807, 2.05) is 0 Å². The topological polar surface area (TPSA) is 84.3 Å². The minimum Gasteiger partial charge on any atom is -0.376 e. The van der Waals surface area contributed by atoms with Crippen LogP contribution >= 0.6 is 0 Å². The van der Waals surface area contributed by atoms with Crippen LogP contribution in [0.25, 0.3) is 0 Å². The molecule has 6 heteroatoms. The number of rotatable bonds is 4. The Labute approximate surface area is 128 Å². The Bertz CT molecular complexity index is 644. The van der Waals surface area contributed by atoms with Crippen molar-refractivity contribution in [1.82, 2.24) is 5.32 Å². The number of benzene rings is 1. The summed E-state index contributed by atoms with van der Waals surface area (Å²) < 4.78 is 0. The van der Waals surface area contributed by atoms with E-state index in [0.717, 1.165) is 11.8 Å². The summed E-state index contributed by atoms with van der Waals surface area (Å²) in [6.07, 6.45) is 3.99. The molecule has 4 unspecified atom stereocenters. The van der Waals surface area contributed by atoms with Crippen molar-refractivity contribution < 1.29 is 9.72 Å². The lowest BCUT2D eigenvalue weighted by Crippen LogP contribution is -2.18. The van der Waals surface area contributed by atoms with Crippen LogP contribution in [0.3, 0.4) is 0 Å². The van der Waals surface area contributed by atoms with Crippen LogP contribution in [0, 0.1) is 33.8 Å². The molecule has 0 saturated heterocycles. The van der Waals surface area contributed by atoms with Crippen LogP contribution in [0.15, 0.2) is 18.2 Å². The van der Waals surface area contributed by atoms with Crippen molar-refractivity contribution in [3.63, 3.8) is 0 Å². The van der Waals surface area contributed by atoms with E-state index in [1.165, 1.54) is 32.4 Å². The Kier molecular flexibility index (Phi) is 2.89. The van der Waals surface area contributed by atoms with Gasteiger partial charge in [-0.15, -0.1) is 0 Å². The molecule has 6 nitrogen and oxygen atoms in total. The molecule has 116 valence electrons. The minimum atomic E-state index is -0.415. The lowest BCUT2D eigenvalue weighted by Gasteiger charge is -2.12. The summed E-state index contributed by atoms with van der Waals surface area (Å²) in [6, 6.07) is 5.05. The van der Waals surface area contributed by atoms with Crippen molar-refractivity contribution >= 4 is 17.3 Å². The standard InChI is InChI=1S/C16H19N3O3/c1-17-16(20)10-4-5-11(12(7-10)19(21)22)18-15-13-8-2-3-9(6-8)14(13)15/h4-5,7-9,13-15,18H,2-3,6H2,1H3,(H,17,20). The van der Waals surface area contributed by atoms with Gasteiger partial charge in [0.15, 0.2) is 0 Å². The molecule has 1 amide bonds. The van der Waals surface area contributed by atoms with Crippen LogP contribution in [0.1, 0.15) is 29.6 Å². The van der Waals surface area contributed by atoms with Gasteiger partial charge in [-0.3, -0.25) is 14.9 Å². The molecule has 2 N–H and O–H groups in total. The fourth-order valence-corrected chi connectivity index (χ4v) is 4.79. The van der Waals surface area contributed by atoms with Crippen molar-refractivity contribution in [3.8, 4) is 0 Å². The van der Waals surface area contributed by atoms with Gasteiger partial charge >= 0.3 is 0 Å². The molecule has 3 aliphatic rings. The number of carbonyl (C=O) groups is 1. The molecule has 0 spiro atoms. The van der Waals surface area contributed by atoms with Crippen LogP contribution in [-0.2, 0) is 0 Å². The molecule has 1 aromatic rings. The SMILES string of the molecule is CNC(=O)c1ccc(NC2C3C4CCC(C4)C23)c([N+](=O)[O-])c1. The van der Waals surface area contributed by atoms with Gasteiger partial charge in [0.2, 0.25) is 0 Å². The number of nitrogens with zero attached hydrogens (tertiary/aromatic N) is 1. The molecule has 1 aromatic carbocycles. The van der Waals surface area contributed by atoms with E-state index in [4.69, 9.17) is 0 Å². The van der Waals surface area contributed by atoms with Gasteiger partial charge in [0.1, 0.15) is 5.69 Å². The van der Waals surface area contributed by atoms with E-state index < -0.39 is 4.92 Å². The zero-order valence-corrected chi connectivity index (χ0v) is 12.4. The van der Waals surface area contributed by atoms with Crippen molar-refractivity contribution in [1.29, 1.82) is 0 Å². The summed E-state index contributed by atoms with van der Waals surface area (Å²) in [6.45, 7) is 0. The summed E-state index contributed by atoms with van der Waals surface area (Å²) in [5.41, 5.74) is 0.839. The Balaban J connectivity index is 1.57. The lowest BCUT2D eigenvalue weighted by atomic mass is 10.0. The molecule has 3 aliphatic carbocycles. The van der Waals surface area contributed by atoms with Gasteiger partial charge in [-0.1, -0.05) is 0 Å². The van der Waals surface area contributed by atoms with Crippen LogP contribution < -0.4 is 10.6 Å². The molecule has 0 heterocycles. The Morgan fingerprint density at radius 2 is 1.95 bits per heavy atom. The first-order chi connectivity index (χ1) is 10.6. The largest absolute Gasteiger partial charge is 0.376 e. The number of anilines is 1. The molecule has 4 rings (SSSR count). The molecule has 3 saturated carbocycles. The van der Waals surface area contributed by atoms with Crippen molar-refractivity contribution in [2.24, 2.45) is 23.7 Å². The quantitative estimate of drug-likeness (QED) is 0.660. The third kappa shape index (κ3) is 1.90. The number of nitro benzene ring substituents is 1. The second-order valence-electron chi connectivity index (χ2n) is 6.73. The number of amides is 1. The summed E-state index contributed by atoms with van der Waals surface area (Å²) in [5.74, 6) is 2.73. The number of hydrogen-bond donors (Lipinski definition) is 2. The third-order valence-electron chi connectivity index (χ3n) is 5.74.